The largest absolute Gasteiger partial charge is 0.366 e. The van der Waals surface area contributed by atoms with E-state index in [0.717, 1.165) is 25.1 Å². The van der Waals surface area contributed by atoms with Gasteiger partial charge in [0.2, 0.25) is 5.91 Å². The number of nitrogens with zero attached hydrogens (tertiary/aromatic N) is 2. The lowest BCUT2D eigenvalue weighted by Crippen LogP contribution is -2.48. The Labute approximate surface area is 125 Å². The minimum absolute atomic E-state index is 0.0904. The Morgan fingerprint density at radius 3 is 2.62 bits per heavy atom. The quantitative estimate of drug-likeness (QED) is 0.843. The molecule has 1 saturated heterocycles. The van der Waals surface area contributed by atoms with Crippen LogP contribution in [-0.4, -0.2) is 43.5 Å². The lowest BCUT2D eigenvalue weighted by molar-refractivity contribution is -0.129. The number of hydrogen-bond acceptors (Lipinski definition) is 3. The van der Waals surface area contributed by atoms with Gasteiger partial charge in [0.25, 0.3) is 0 Å². The van der Waals surface area contributed by atoms with Crippen molar-refractivity contribution in [1.82, 2.24) is 10.2 Å². The molecule has 0 unspecified atom stereocenters. The summed E-state index contributed by atoms with van der Waals surface area (Å²) in [7, 11) is 0. The highest BCUT2D eigenvalue weighted by Gasteiger charge is 2.20. The van der Waals surface area contributed by atoms with Crippen LogP contribution in [0.4, 0.5) is 10.1 Å². The van der Waals surface area contributed by atoms with E-state index in [4.69, 9.17) is 0 Å². The zero-order chi connectivity index (χ0) is 15.2. The molecule has 0 radical (unpaired) electrons. The van der Waals surface area contributed by atoms with Crippen LogP contribution in [0.5, 0.6) is 0 Å². The van der Waals surface area contributed by atoms with Gasteiger partial charge in [-0.25, -0.2) is 4.39 Å². The van der Waals surface area contributed by atoms with Crippen LogP contribution in [0, 0.1) is 5.82 Å². The number of amides is 1. The summed E-state index contributed by atoms with van der Waals surface area (Å²) >= 11 is 0. The molecule has 0 atom stereocenters. The lowest BCUT2D eigenvalue weighted by Gasteiger charge is -2.36. The summed E-state index contributed by atoms with van der Waals surface area (Å²) in [4.78, 5) is 15.2. The first-order valence-corrected chi connectivity index (χ1v) is 7.61. The van der Waals surface area contributed by atoms with Crippen LogP contribution in [0.1, 0.15) is 25.8 Å². The van der Waals surface area contributed by atoms with Gasteiger partial charge in [-0.2, -0.15) is 0 Å². The molecule has 0 aliphatic carbocycles. The number of hydrogen-bond donors (Lipinski definition) is 1. The predicted molar refractivity (Wildman–Crippen MR) is 82.9 cm³/mol. The third-order valence-corrected chi connectivity index (χ3v) is 3.83. The number of anilines is 1. The molecule has 1 amide bonds. The van der Waals surface area contributed by atoms with Gasteiger partial charge >= 0.3 is 0 Å². The van der Waals surface area contributed by atoms with Crippen LogP contribution in [0.3, 0.4) is 0 Å². The molecule has 1 aliphatic heterocycles. The van der Waals surface area contributed by atoms with Crippen molar-refractivity contribution in [2.75, 3.05) is 37.6 Å². The van der Waals surface area contributed by atoms with Gasteiger partial charge in [-0.05, 0) is 30.7 Å². The van der Waals surface area contributed by atoms with Crippen LogP contribution in [0.2, 0.25) is 0 Å². The highest BCUT2D eigenvalue weighted by Crippen LogP contribution is 2.22. The van der Waals surface area contributed by atoms with Crippen LogP contribution >= 0.6 is 0 Å². The second-order valence-corrected chi connectivity index (χ2v) is 5.46. The average Bonchev–Trinajstić information content (AvgIpc) is 2.49. The van der Waals surface area contributed by atoms with E-state index < -0.39 is 0 Å². The zero-order valence-electron chi connectivity index (χ0n) is 12.9. The summed E-state index contributed by atoms with van der Waals surface area (Å²) in [5.41, 5.74) is 1.74. The van der Waals surface area contributed by atoms with Crippen molar-refractivity contribution in [3.63, 3.8) is 0 Å². The highest BCUT2D eigenvalue weighted by molar-refractivity contribution is 5.73. The number of halogens is 1. The number of benzene rings is 1. The Balaban J connectivity index is 2.02. The Kier molecular flexibility index (Phi) is 5.56. The minimum atomic E-state index is -0.189. The maximum atomic E-state index is 14.1. The molecular formula is C16H24FN3O. The molecule has 0 aromatic heterocycles. The van der Waals surface area contributed by atoms with Crippen LogP contribution in [0.25, 0.3) is 0 Å². The topological polar surface area (TPSA) is 35.6 Å². The Morgan fingerprint density at radius 1 is 1.29 bits per heavy atom. The van der Waals surface area contributed by atoms with Gasteiger partial charge in [-0.15, -0.1) is 0 Å². The number of rotatable bonds is 5. The van der Waals surface area contributed by atoms with E-state index in [1.807, 2.05) is 17.0 Å². The second-order valence-electron chi connectivity index (χ2n) is 5.46. The monoisotopic (exact) mass is 293 g/mol. The van der Waals surface area contributed by atoms with E-state index in [1.54, 1.807) is 11.8 Å². The average molecular weight is 293 g/mol. The normalized spacial score (nSPS) is 15.4. The molecule has 2 rings (SSSR count). The molecule has 0 bridgehead atoms. The van der Waals surface area contributed by atoms with E-state index in [1.165, 1.54) is 6.07 Å². The third-order valence-electron chi connectivity index (χ3n) is 3.83. The van der Waals surface area contributed by atoms with Crippen molar-refractivity contribution >= 4 is 11.6 Å². The van der Waals surface area contributed by atoms with Gasteiger partial charge in [0.05, 0.1) is 5.69 Å². The van der Waals surface area contributed by atoms with Gasteiger partial charge in [0.1, 0.15) is 5.82 Å². The first-order valence-electron chi connectivity index (χ1n) is 7.61. The molecule has 1 aliphatic rings. The first kappa shape index (κ1) is 15.8. The minimum Gasteiger partial charge on any atom is -0.366 e. The third kappa shape index (κ3) is 4.17. The highest BCUT2D eigenvalue weighted by atomic mass is 19.1. The van der Waals surface area contributed by atoms with Gasteiger partial charge < -0.3 is 15.1 Å². The summed E-state index contributed by atoms with van der Waals surface area (Å²) in [5.74, 6) is -0.0989. The number of carbonyl (C=O) groups is 1. The first-order chi connectivity index (χ1) is 10.1. The van der Waals surface area contributed by atoms with Gasteiger partial charge in [-0.3, -0.25) is 4.79 Å². The fourth-order valence-corrected chi connectivity index (χ4v) is 2.58. The lowest BCUT2D eigenvalue weighted by atomic mass is 10.1. The molecule has 0 spiro atoms. The fourth-order valence-electron chi connectivity index (χ4n) is 2.58. The zero-order valence-corrected chi connectivity index (χ0v) is 12.9. The summed E-state index contributed by atoms with van der Waals surface area (Å²) in [5, 5.41) is 3.33. The van der Waals surface area contributed by atoms with Crippen molar-refractivity contribution < 1.29 is 9.18 Å². The molecule has 1 aromatic rings. The number of piperazine rings is 1. The van der Waals surface area contributed by atoms with E-state index in [0.29, 0.717) is 31.9 Å². The van der Waals surface area contributed by atoms with E-state index in [9.17, 15) is 9.18 Å². The molecular weight excluding hydrogens is 269 g/mol. The van der Waals surface area contributed by atoms with Gasteiger partial charge in [-0.1, -0.05) is 13.0 Å². The van der Waals surface area contributed by atoms with Crippen molar-refractivity contribution in [1.29, 1.82) is 0 Å². The van der Waals surface area contributed by atoms with Crippen molar-refractivity contribution in [2.24, 2.45) is 0 Å². The summed E-state index contributed by atoms with van der Waals surface area (Å²) < 4.78 is 14.1. The molecule has 1 fully saturated rings. The van der Waals surface area contributed by atoms with Crippen LogP contribution < -0.4 is 10.2 Å². The van der Waals surface area contributed by atoms with Crippen LogP contribution in [-0.2, 0) is 11.3 Å². The Bertz CT molecular complexity index is 484. The molecule has 116 valence electrons. The summed E-state index contributed by atoms with van der Waals surface area (Å²) in [6.07, 6.45) is 1.08. The SMILES string of the molecule is CCCNCc1ccc(F)c(N2CCN(C(C)=O)CC2)c1. The fraction of sp³-hybridized carbons (Fsp3) is 0.562. The van der Waals surface area contributed by atoms with E-state index >= 15 is 0 Å². The molecule has 21 heavy (non-hydrogen) atoms. The maximum absolute atomic E-state index is 14.1. The van der Waals surface area contributed by atoms with E-state index in [2.05, 4.69) is 12.2 Å². The van der Waals surface area contributed by atoms with E-state index in [-0.39, 0.29) is 11.7 Å². The van der Waals surface area contributed by atoms with Gasteiger partial charge in [0.15, 0.2) is 0 Å². The van der Waals surface area contributed by atoms with Crippen molar-refractivity contribution in [3.8, 4) is 0 Å². The molecule has 1 aromatic carbocycles. The van der Waals surface area contributed by atoms with Crippen molar-refractivity contribution in [2.45, 2.75) is 26.8 Å². The number of nitrogens with one attached hydrogen (secondary N) is 1. The smallest absolute Gasteiger partial charge is 0.219 e. The molecule has 5 heteroatoms. The maximum Gasteiger partial charge on any atom is 0.219 e. The predicted octanol–water partition coefficient (Wildman–Crippen LogP) is 1.99. The second kappa shape index (κ2) is 7.41. The van der Waals surface area contributed by atoms with Crippen molar-refractivity contribution in [3.05, 3.63) is 29.6 Å². The summed E-state index contributed by atoms with van der Waals surface area (Å²) in [6, 6.07) is 5.28. The number of carbonyl (C=O) groups excluding carboxylic acids is 1. The Morgan fingerprint density at radius 2 is 2.00 bits per heavy atom. The molecule has 1 heterocycles. The van der Waals surface area contributed by atoms with Crippen LogP contribution in [0.15, 0.2) is 18.2 Å². The standard InChI is InChI=1S/C16H24FN3O/c1-3-6-18-12-14-4-5-15(17)16(11-14)20-9-7-19(8-10-20)13(2)21/h4-5,11,18H,3,6-10,12H2,1-2H3. The molecule has 0 saturated carbocycles. The Hall–Kier alpha value is -1.62. The summed E-state index contributed by atoms with van der Waals surface area (Å²) in [6.45, 7) is 8.11. The van der Waals surface area contributed by atoms with Gasteiger partial charge in [0, 0.05) is 39.6 Å². The molecule has 1 N–H and O–H groups in total. The molecule has 4 nitrogen and oxygen atoms in total.